The standard InChI is InChI=1S/C16H34N4O2S/c1-4-17-16(19-15(2)9-14-23(3,21)22)18-10-5-6-11-20-12-7-8-13-20/h15H,4-14H2,1-3H3,(H2,17,18,19). The number of guanidine groups is 1. The number of unbranched alkanes of at least 4 members (excludes halogenated alkanes) is 1. The average molecular weight is 347 g/mol. The Kier molecular flexibility index (Phi) is 9.55. The Hall–Kier alpha value is -0.820. The maximum Gasteiger partial charge on any atom is 0.191 e. The fraction of sp³-hybridized carbons (Fsp3) is 0.938. The molecule has 2 N–H and O–H groups in total. The van der Waals surface area contributed by atoms with Gasteiger partial charge in [0.1, 0.15) is 9.84 Å². The summed E-state index contributed by atoms with van der Waals surface area (Å²) >= 11 is 0. The lowest BCUT2D eigenvalue weighted by atomic mass is 10.2. The van der Waals surface area contributed by atoms with Crippen LogP contribution in [0.4, 0.5) is 0 Å². The summed E-state index contributed by atoms with van der Waals surface area (Å²) in [7, 11) is -2.90. The van der Waals surface area contributed by atoms with Gasteiger partial charge in [-0.2, -0.15) is 0 Å². The summed E-state index contributed by atoms with van der Waals surface area (Å²) in [5.41, 5.74) is 0. The van der Waals surface area contributed by atoms with Crippen LogP contribution in [0.1, 0.15) is 46.0 Å². The Morgan fingerprint density at radius 2 is 1.96 bits per heavy atom. The van der Waals surface area contributed by atoms with Crippen molar-refractivity contribution in [2.24, 2.45) is 4.99 Å². The minimum absolute atomic E-state index is 0.0899. The molecular formula is C16H34N4O2S. The van der Waals surface area contributed by atoms with Gasteiger partial charge in [-0.15, -0.1) is 0 Å². The second-order valence-electron chi connectivity index (χ2n) is 6.48. The van der Waals surface area contributed by atoms with Crippen LogP contribution in [-0.2, 0) is 9.84 Å². The van der Waals surface area contributed by atoms with Gasteiger partial charge in [-0.05, 0) is 65.6 Å². The van der Waals surface area contributed by atoms with Gasteiger partial charge in [-0.25, -0.2) is 8.42 Å². The van der Waals surface area contributed by atoms with E-state index < -0.39 is 9.84 Å². The molecule has 0 aromatic carbocycles. The molecule has 0 spiro atoms. The second-order valence-corrected chi connectivity index (χ2v) is 8.74. The molecule has 136 valence electrons. The van der Waals surface area contributed by atoms with Gasteiger partial charge in [0, 0.05) is 25.4 Å². The van der Waals surface area contributed by atoms with E-state index in [1.807, 2.05) is 13.8 Å². The second kappa shape index (κ2) is 10.9. The maximum absolute atomic E-state index is 11.2. The van der Waals surface area contributed by atoms with Gasteiger partial charge in [-0.3, -0.25) is 4.99 Å². The summed E-state index contributed by atoms with van der Waals surface area (Å²) in [6, 6.07) is 0.0899. The normalized spacial score (nSPS) is 18.1. The monoisotopic (exact) mass is 346 g/mol. The van der Waals surface area contributed by atoms with Gasteiger partial charge in [0.2, 0.25) is 0 Å². The summed E-state index contributed by atoms with van der Waals surface area (Å²) in [5, 5.41) is 6.51. The van der Waals surface area contributed by atoms with Crippen LogP contribution in [0.5, 0.6) is 0 Å². The van der Waals surface area contributed by atoms with E-state index in [0.717, 1.165) is 25.5 Å². The number of likely N-dealkylation sites (tertiary alicyclic amines) is 1. The zero-order valence-electron chi connectivity index (χ0n) is 15.0. The van der Waals surface area contributed by atoms with Gasteiger partial charge in [-0.1, -0.05) is 0 Å². The Balaban J connectivity index is 2.25. The van der Waals surface area contributed by atoms with Crippen molar-refractivity contribution in [1.29, 1.82) is 0 Å². The first-order valence-electron chi connectivity index (χ1n) is 8.85. The van der Waals surface area contributed by atoms with Crippen LogP contribution < -0.4 is 10.6 Å². The van der Waals surface area contributed by atoms with E-state index >= 15 is 0 Å². The number of nitrogens with zero attached hydrogens (tertiary/aromatic N) is 2. The minimum Gasteiger partial charge on any atom is -0.357 e. The molecule has 1 rings (SSSR count). The summed E-state index contributed by atoms with van der Waals surface area (Å²) < 4.78 is 22.4. The largest absolute Gasteiger partial charge is 0.357 e. The topological polar surface area (TPSA) is 73.8 Å². The Labute approximate surface area is 142 Å². The molecule has 0 radical (unpaired) electrons. The Morgan fingerprint density at radius 3 is 2.57 bits per heavy atom. The van der Waals surface area contributed by atoms with E-state index in [9.17, 15) is 8.42 Å². The smallest absolute Gasteiger partial charge is 0.191 e. The van der Waals surface area contributed by atoms with E-state index in [1.165, 1.54) is 45.2 Å². The number of hydrogen-bond acceptors (Lipinski definition) is 4. The molecule has 1 heterocycles. The molecule has 0 saturated carbocycles. The van der Waals surface area contributed by atoms with E-state index in [-0.39, 0.29) is 11.8 Å². The van der Waals surface area contributed by atoms with E-state index in [1.54, 1.807) is 0 Å². The molecule has 0 bridgehead atoms. The lowest BCUT2D eigenvalue weighted by molar-refractivity contribution is 0.331. The van der Waals surface area contributed by atoms with Gasteiger partial charge < -0.3 is 15.5 Å². The molecule has 23 heavy (non-hydrogen) atoms. The molecule has 1 saturated heterocycles. The molecule has 1 unspecified atom stereocenters. The number of sulfone groups is 1. The molecule has 0 amide bonds. The fourth-order valence-electron chi connectivity index (χ4n) is 2.66. The molecule has 1 atom stereocenters. The van der Waals surface area contributed by atoms with Crippen molar-refractivity contribution in [3.63, 3.8) is 0 Å². The maximum atomic E-state index is 11.2. The quantitative estimate of drug-likeness (QED) is 0.354. The summed E-state index contributed by atoms with van der Waals surface area (Å²) in [5.74, 6) is 0.992. The van der Waals surface area contributed by atoms with Crippen LogP contribution in [0.25, 0.3) is 0 Å². The van der Waals surface area contributed by atoms with Gasteiger partial charge >= 0.3 is 0 Å². The summed E-state index contributed by atoms with van der Waals surface area (Å²) in [4.78, 5) is 7.12. The van der Waals surface area contributed by atoms with E-state index in [2.05, 4.69) is 20.5 Å². The van der Waals surface area contributed by atoms with Crippen LogP contribution in [0.2, 0.25) is 0 Å². The van der Waals surface area contributed by atoms with E-state index in [4.69, 9.17) is 0 Å². The highest BCUT2D eigenvalue weighted by atomic mass is 32.2. The van der Waals surface area contributed by atoms with Crippen LogP contribution in [0.3, 0.4) is 0 Å². The van der Waals surface area contributed by atoms with Crippen LogP contribution in [0, 0.1) is 0 Å². The van der Waals surface area contributed by atoms with Crippen molar-refractivity contribution < 1.29 is 8.42 Å². The highest BCUT2D eigenvalue weighted by Crippen LogP contribution is 2.08. The number of hydrogen-bond donors (Lipinski definition) is 2. The first-order valence-corrected chi connectivity index (χ1v) is 10.9. The van der Waals surface area contributed by atoms with Crippen LogP contribution in [0.15, 0.2) is 4.99 Å². The molecule has 0 aromatic heterocycles. The highest BCUT2D eigenvalue weighted by Gasteiger charge is 2.11. The third-order valence-electron chi connectivity index (χ3n) is 4.00. The van der Waals surface area contributed by atoms with Crippen molar-refractivity contribution in [2.75, 3.05) is 44.7 Å². The van der Waals surface area contributed by atoms with Crippen molar-refractivity contribution in [3.8, 4) is 0 Å². The molecule has 1 aliphatic rings. The van der Waals surface area contributed by atoms with Crippen molar-refractivity contribution in [3.05, 3.63) is 0 Å². The predicted molar refractivity (Wildman–Crippen MR) is 97.8 cm³/mol. The van der Waals surface area contributed by atoms with Crippen molar-refractivity contribution in [2.45, 2.75) is 52.0 Å². The molecular weight excluding hydrogens is 312 g/mol. The Bertz CT molecular complexity index is 445. The van der Waals surface area contributed by atoms with Crippen molar-refractivity contribution in [1.82, 2.24) is 15.5 Å². The lowest BCUT2D eigenvalue weighted by Gasteiger charge is -2.17. The Morgan fingerprint density at radius 1 is 1.26 bits per heavy atom. The lowest BCUT2D eigenvalue weighted by Crippen LogP contribution is -2.42. The number of rotatable bonds is 10. The minimum atomic E-state index is -2.90. The number of aliphatic imine (C=N–C) groups is 1. The average Bonchev–Trinajstić information content (AvgIpc) is 2.97. The molecule has 0 aliphatic carbocycles. The molecule has 0 aromatic rings. The van der Waals surface area contributed by atoms with Crippen molar-refractivity contribution >= 4 is 15.8 Å². The first-order chi connectivity index (χ1) is 10.9. The predicted octanol–water partition coefficient (Wildman–Crippen LogP) is 1.24. The first kappa shape index (κ1) is 20.2. The van der Waals surface area contributed by atoms with E-state index in [0.29, 0.717) is 6.42 Å². The van der Waals surface area contributed by atoms with Crippen LogP contribution in [-0.4, -0.2) is 70.1 Å². The fourth-order valence-corrected chi connectivity index (χ4v) is 3.44. The number of nitrogens with one attached hydrogen (secondary N) is 2. The third kappa shape index (κ3) is 10.5. The van der Waals surface area contributed by atoms with Gasteiger partial charge in [0.05, 0.1) is 5.75 Å². The third-order valence-corrected chi connectivity index (χ3v) is 4.98. The zero-order chi connectivity index (χ0) is 17.1. The molecule has 1 fully saturated rings. The highest BCUT2D eigenvalue weighted by molar-refractivity contribution is 7.90. The summed E-state index contributed by atoms with van der Waals surface area (Å²) in [6.07, 6.45) is 6.84. The molecule has 1 aliphatic heterocycles. The van der Waals surface area contributed by atoms with Gasteiger partial charge in [0.15, 0.2) is 5.96 Å². The van der Waals surface area contributed by atoms with Gasteiger partial charge in [0.25, 0.3) is 0 Å². The summed E-state index contributed by atoms with van der Waals surface area (Å²) in [6.45, 7) is 9.33. The molecule has 7 heteroatoms. The molecule has 6 nitrogen and oxygen atoms in total. The SMILES string of the molecule is CCNC(=NCCCCN1CCCC1)NC(C)CCS(C)(=O)=O. The zero-order valence-corrected chi connectivity index (χ0v) is 15.8. The van der Waals surface area contributed by atoms with Crippen LogP contribution >= 0.6 is 0 Å².